The number of hydrogen-bond acceptors (Lipinski definition) is 4. The van der Waals surface area contributed by atoms with Gasteiger partial charge in [-0.3, -0.25) is 4.79 Å². The summed E-state index contributed by atoms with van der Waals surface area (Å²) < 4.78 is 11.3. The van der Waals surface area contributed by atoms with E-state index >= 15 is 0 Å². The molecule has 132 valence electrons. The van der Waals surface area contributed by atoms with Crippen LogP contribution in [0.4, 0.5) is 0 Å². The minimum Gasteiger partial charge on any atom is -0.508 e. The fourth-order valence-electron chi connectivity index (χ4n) is 3.23. The number of ether oxygens (including phenoxy) is 2. The van der Waals surface area contributed by atoms with Crippen molar-refractivity contribution in [3.8, 4) is 17.2 Å². The molecule has 0 saturated carbocycles. The molecule has 1 unspecified atom stereocenters. The Kier molecular flexibility index (Phi) is 5.59. The van der Waals surface area contributed by atoms with Crippen molar-refractivity contribution >= 4 is 5.97 Å². The van der Waals surface area contributed by atoms with Crippen molar-refractivity contribution in [3.63, 3.8) is 0 Å². The third-order valence-corrected chi connectivity index (χ3v) is 4.52. The standard InChI is InChI=1S/C21H24O4/c1-2-3-4-7-12-24-19-9-6-5-8-16(19)18-14-21(23)25-20-13-15(22)10-11-17(18)20/h5-6,8-11,13,18,22H,2-4,7,12,14H2,1H3. The molecule has 0 spiro atoms. The molecule has 0 radical (unpaired) electrons. The number of carbonyl (C=O) groups excluding carboxylic acids is 1. The summed E-state index contributed by atoms with van der Waals surface area (Å²) >= 11 is 0. The summed E-state index contributed by atoms with van der Waals surface area (Å²) in [6.45, 7) is 2.87. The predicted molar refractivity (Wildman–Crippen MR) is 96.3 cm³/mol. The molecule has 25 heavy (non-hydrogen) atoms. The molecule has 4 nitrogen and oxygen atoms in total. The van der Waals surface area contributed by atoms with E-state index < -0.39 is 0 Å². The van der Waals surface area contributed by atoms with Crippen LogP contribution in [0, 0.1) is 0 Å². The highest BCUT2D eigenvalue weighted by Crippen LogP contribution is 2.43. The normalized spacial score (nSPS) is 16.2. The van der Waals surface area contributed by atoms with Crippen molar-refractivity contribution in [1.29, 1.82) is 0 Å². The number of phenols is 1. The Morgan fingerprint density at radius 1 is 1.12 bits per heavy atom. The zero-order valence-corrected chi connectivity index (χ0v) is 14.5. The Hall–Kier alpha value is -2.49. The van der Waals surface area contributed by atoms with Gasteiger partial charge in [-0.2, -0.15) is 0 Å². The molecular formula is C21H24O4. The lowest BCUT2D eigenvalue weighted by Crippen LogP contribution is -2.21. The van der Waals surface area contributed by atoms with Crippen LogP contribution in [0.1, 0.15) is 56.1 Å². The molecule has 0 aromatic heterocycles. The number of unbranched alkanes of at least 4 members (excludes halogenated alkanes) is 3. The fraction of sp³-hybridized carbons (Fsp3) is 0.381. The molecule has 0 bridgehead atoms. The summed E-state index contributed by atoms with van der Waals surface area (Å²) in [5.41, 5.74) is 1.89. The molecule has 4 heteroatoms. The molecule has 3 rings (SSSR count). The molecule has 0 amide bonds. The van der Waals surface area contributed by atoms with Crippen molar-refractivity contribution in [3.05, 3.63) is 53.6 Å². The maximum atomic E-state index is 12.0. The van der Waals surface area contributed by atoms with E-state index in [-0.39, 0.29) is 24.1 Å². The lowest BCUT2D eigenvalue weighted by atomic mass is 9.86. The van der Waals surface area contributed by atoms with Crippen LogP contribution in [0.25, 0.3) is 0 Å². The molecule has 1 N–H and O–H groups in total. The zero-order valence-electron chi connectivity index (χ0n) is 14.5. The van der Waals surface area contributed by atoms with Gasteiger partial charge >= 0.3 is 5.97 Å². The number of carbonyl (C=O) groups is 1. The van der Waals surface area contributed by atoms with Gasteiger partial charge in [0.1, 0.15) is 17.2 Å². The van der Waals surface area contributed by atoms with Gasteiger partial charge in [0.05, 0.1) is 13.0 Å². The second-order valence-electron chi connectivity index (χ2n) is 6.40. The minimum absolute atomic E-state index is 0.0904. The van der Waals surface area contributed by atoms with Gasteiger partial charge in [0.15, 0.2) is 0 Å². The van der Waals surface area contributed by atoms with Gasteiger partial charge in [-0.1, -0.05) is 50.5 Å². The zero-order chi connectivity index (χ0) is 17.6. The lowest BCUT2D eigenvalue weighted by molar-refractivity contribution is -0.135. The lowest BCUT2D eigenvalue weighted by Gasteiger charge is -2.26. The maximum Gasteiger partial charge on any atom is 0.312 e. The van der Waals surface area contributed by atoms with E-state index in [1.165, 1.54) is 18.9 Å². The Balaban J connectivity index is 1.83. The van der Waals surface area contributed by atoms with E-state index in [1.54, 1.807) is 6.07 Å². The Bertz CT molecular complexity index is 738. The number of aromatic hydroxyl groups is 1. The van der Waals surface area contributed by atoms with E-state index in [0.717, 1.165) is 29.7 Å². The van der Waals surface area contributed by atoms with E-state index in [0.29, 0.717) is 12.4 Å². The number of fused-ring (bicyclic) bond motifs is 1. The average Bonchev–Trinajstić information content (AvgIpc) is 2.61. The quantitative estimate of drug-likeness (QED) is 0.447. The number of benzene rings is 2. The Labute approximate surface area is 148 Å². The van der Waals surface area contributed by atoms with Crippen LogP contribution in [0.5, 0.6) is 17.2 Å². The topological polar surface area (TPSA) is 55.8 Å². The number of rotatable bonds is 7. The van der Waals surface area contributed by atoms with Crippen molar-refractivity contribution in [2.45, 2.75) is 44.9 Å². The molecule has 1 aliphatic rings. The van der Waals surface area contributed by atoms with Crippen LogP contribution < -0.4 is 9.47 Å². The average molecular weight is 340 g/mol. The first-order chi connectivity index (χ1) is 12.2. The molecule has 2 aromatic rings. The third-order valence-electron chi connectivity index (χ3n) is 4.52. The van der Waals surface area contributed by atoms with Crippen molar-refractivity contribution in [1.82, 2.24) is 0 Å². The van der Waals surface area contributed by atoms with Crippen molar-refractivity contribution in [2.24, 2.45) is 0 Å². The van der Waals surface area contributed by atoms with Crippen molar-refractivity contribution in [2.75, 3.05) is 6.61 Å². The number of para-hydroxylation sites is 1. The van der Waals surface area contributed by atoms with Crippen molar-refractivity contribution < 1.29 is 19.4 Å². The van der Waals surface area contributed by atoms with Gasteiger partial charge in [0.25, 0.3) is 0 Å². The summed E-state index contributed by atoms with van der Waals surface area (Å²) in [4.78, 5) is 12.0. The van der Waals surface area contributed by atoms with Gasteiger partial charge in [0, 0.05) is 23.1 Å². The molecule has 0 saturated heterocycles. The first-order valence-electron chi connectivity index (χ1n) is 8.94. The van der Waals surface area contributed by atoms with Crippen LogP contribution in [-0.4, -0.2) is 17.7 Å². The summed E-state index contributed by atoms with van der Waals surface area (Å²) in [6.07, 6.45) is 4.88. The molecular weight excluding hydrogens is 316 g/mol. The molecule has 0 aliphatic carbocycles. The Morgan fingerprint density at radius 2 is 1.96 bits per heavy atom. The van der Waals surface area contributed by atoms with Gasteiger partial charge < -0.3 is 14.6 Å². The third kappa shape index (κ3) is 4.13. The molecule has 2 aromatic carbocycles. The SMILES string of the molecule is CCCCCCOc1ccccc1C1CC(=O)Oc2cc(O)ccc21. The van der Waals surface area contributed by atoms with Crippen LogP contribution in [0.3, 0.4) is 0 Å². The number of esters is 1. The number of phenolic OH excluding ortho intramolecular Hbond substituents is 1. The van der Waals surface area contributed by atoms with E-state index in [9.17, 15) is 9.90 Å². The summed E-state index contributed by atoms with van der Waals surface area (Å²) in [7, 11) is 0. The highest BCUT2D eigenvalue weighted by molar-refractivity contribution is 5.78. The molecule has 1 aliphatic heterocycles. The maximum absolute atomic E-state index is 12.0. The van der Waals surface area contributed by atoms with Gasteiger partial charge in [-0.25, -0.2) is 0 Å². The molecule has 1 atom stereocenters. The van der Waals surface area contributed by atoms with Crippen LogP contribution in [-0.2, 0) is 4.79 Å². The van der Waals surface area contributed by atoms with Gasteiger partial charge in [-0.05, 0) is 18.6 Å². The van der Waals surface area contributed by atoms with Crippen LogP contribution >= 0.6 is 0 Å². The monoisotopic (exact) mass is 340 g/mol. The second kappa shape index (κ2) is 8.06. The number of hydrogen-bond donors (Lipinski definition) is 1. The largest absolute Gasteiger partial charge is 0.508 e. The van der Waals surface area contributed by atoms with Gasteiger partial charge in [0.2, 0.25) is 0 Å². The summed E-state index contributed by atoms with van der Waals surface area (Å²) in [6, 6.07) is 12.8. The summed E-state index contributed by atoms with van der Waals surface area (Å²) in [5, 5.41) is 9.66. The second-order valence-corrected chi connectivity index (χ2v) is 6.40. The van der Waals surface area contributed by atoms with E-state index in [2.05, 4.69) is 6.92 Å². The minimum atomic E-state index is -0.291. The van der Waals surface area contributed by atoms with E-state index in [4.69, 9.17) is 9.47 Å². The smallest absolute Gasteiger partial charge is 0.312 e. The first kappa shape index (κ1) is 17.3. The fourth-order valence-corrected chi connectivity index (χ4v) is 3.23. The first-order valence-corrected chi connectivity index (χ1v) is 8.94. The Morgan fingerprint density at radius 3 is 2.80 bits per heavy atom. The van der Waals surface area contributed by atoms with Gasteiger partial charge in [-0.15, -0.1) is 0 Å². The summed E-state index contributed by atoms with van der Waals surface area (Å²) in [5.74, 6) is 0.925. The highest BCUT2D eigenvalue weighted by Gasteiger charge is 2.30. The molecule has 1 heterocycles. The predicted octanol–water partition coefficient (Wildman–Crippen LogP) is 4.79. The highest BCUT2D eigenvalue weighted by atomic mass is 16.5. The van der Waals surface area contributed by atoms with Crippen LogP contribution in [0.15, 0.2) is 42.5 Å². The molecule has 0 fully saturated rings. The van der Waals surface area contributed by atoms with E-state index in [1.807, 2.05) is 30.3 Å². The van der Waals surface area contributed by atoms with Crippen LogP contribution in [0.2, 0.25) is 0 Å².